The summed E-state index contributed by atoms with van der Waals surface area (Å²) in [5.41, 5.74) is -2.76. The first-order chi connectivity index (χ1) is 8.83. The number of hydrogen-bond acceptors (Lipinski definition) is 7. The Bertz CT molecular complexity index is 450. The summed E-state index contributed by atoms with van der Waals surface area (Å²) in [6.07, 6.45) is 0.931. The highest BCUT2D eigenvalue weighted by Gasteiger charge is 2.41. The van der Waals surface area contributed by atoms with E-state index in [-0.39, 0.29) is 5.95 Å². The Morgan fingerprint density at radius 1 is 1.21 bits per heavy atom. The van der Waals surface area contributed by atoms with Crippen molar-refractivity contribution in [3.8, 4) is 0 Å². The third-order valence-corrected chi connectivity index (χ3v) is 1.98. The molecule has 0 aromatic rings. The van der Waals surface area contributed by atoms with E-state index in [1.54, 1.807) is 0 Å². The molecule has 9 heteroatoms. The Morgan fingerprint density at radius 2 is 1.89 bits per heavy atom. The van der Waals surface area contributed by atoms with Gasteiger partial charge in [-0.15, -0.1) is 0 Å². The van der Waals surface area contributed by atoms with E-state index in [1.807, 2.05) is 0 Å². The molecular weight excluding hydrogens is 264 g/mol. The number of carbonyl (C=O) groups is 3. The van der Waals surface area contributed by atoms with Crippen molar-refractivity contribution >= 4 is 17.9 Å². The molecule has 0 spiro atoms. The third kappa shape index (κ3) is 4.32. The maximum Gasteiger partial charge on any atom is 0.336 e. The topological polar surface area (TPSA) is 140 Å². The summed E-state index contributed by atoms with van der Waals surface area (Å²) in [6.45, 7) is 0. The van der Waals surface area contributed by atoms with Crippen molar-refractivity contribution in [1.29, 1.82) is 0 Å². The minimum atomic E-state index is -2.76. The van der Waals surface area contributed by atoms with Crippen LogP contribution in [0.3, 0.4) is 0 Å². The average molecular weight is 274 g/mol. The van der Waals surface area contributed by atoms with Crippen molar-refractivity contribution in [3.63, 3.8) is 0 Å². The number of carbonyl (C=O) groups excluding carboxylic acids is 1. The summed E-state index contributed by atoms with van der Waals surface area (Å²) in [5, 5.41) is 26.8. The Hall–Kier alpha value is -2.55. The molecule has 0 saturated carbocycles. The summed E-state index contributed by atoms with van der Waals surface area (Å²) >= 11 is 0. The largest absolute Gasteiger partial charge is 0.481 e. The predicted octanol–water partition coefficient (Wildman–Crippen LogP) is -0.473. The van der Waals surface area contributed by atoms with Crippen molar-refractivity contribution in [2.75, 3.05) is 0 Å². The predicted molar refractivity (Wildman–Crippen MR) is 54.9 cm³/mol. The molecule has 1 atom stereocenters. The average Bonchev–Trinajstić information content (AvgIpc) is 2.28. The lowest BCUT2D eigenvalue weighted by Gasteiger charge is -2.20. The van der Waals surface area contributed by atoms with E-state index in [0.717, 1.165) is 18.8 Å². The van der Waals surface area contributed by atoms with Crippen LogP contribution < -0.4 is 0 Å². The zero-order valence-corrected chi connectivity index (χ0v) is 9.44. The molecule has 1 heterocycles. The summed E-state index contributed by atoms with van der Waals surface area (Å²) in [4.78, 5) is 32.6. The summed E-state index contributed by atoms with van der Waals surface area (Å²) in [5.74, 6) is -4.97. The molecule has 0 aromatic carbocycles. The monoisotopic (exact) mass is 274 g/mol. The maximum atomic E-state index is 11.4. The van der Waals surface area contributed by atoms with E-state index in [9.17, 15) is 19.5 Å². The summed E-state index contributed by atoms with van der Waals surface area (Å²) < 4.78 is 13.8. The Kier molecular flexibility index (Phi) is 4.48. The van der Waals surface area contributed by atoms with E-state index < -0.39 is 36.4 Å². The lowest BCUT2D eigenvalue weighted by atomic mass is 9.96. The molecule has 0 saturated heterocycles. The fraction of sp³-hybridized carbons (Fsp3) is 0.300. The molecule has 9 nitrogen and oxygen atoms in total. The fourth-order valence-electron chi connectivity index (χ4n) is 1.15. The number of rotatable bonds is 6. The van der Waals surface area contributed by atoms with E-state index in [0.29, 0.717) is 0 Å². The molecule has 1 unspecified atom stereocenters. The molecule has 0 fully saturated rings. The molecule has 0 amide bonds. The standard InChI is InChI=1S/C10H10O9/c11-6(12)3-10(16,9(14)15)4-7(13)19-8-5-17-1-2-18-8/h1-2,5,16H,3-4H2,(H,11,12)(H,14,15). The van der Waals surface area contributed by atoms with Crippen molar-refractivity contribution in [1.82, 2.24) is 0 Å². The highest BCUT2D eigenvalue weighted by molar-refractivity contribution is 5.88. The summed E-state index contributed by atoms with van der Waals surface area (Å²) in [7, 11) is 0. The molecule has 19 heavy (non-hydrogen) atoms. The highest BCUT2D eigenvalue weighted by Crippen LogP contribution is 2.18. The first-order valence-corrected chi connectivity index (χ1v) is 4.89. The second-order valence-corrected chi connectivity index (χ2v) is 3.52. The molecule has 0 radical (unpaired) electrons. The third-order valence-electron chi connectivity index (χ3n) is 1.98. The van der Waals surface area contributed by atoms with Gasteiger partial charge in [0.1, 0.15) is 12.5 Å². The van der Waals surface area contributed by atoms with Crippen molar-refractivity contribution < 1.29 is 43.9 Å². The molecular formula is C10H10O9. The van der Waals surface area contributed by atoms with Crippen LogP contribution >= 0.6 is 0 Å². The molecule has 3 N–H and O–H groups in total. The Labute approximate surface area is 106 Å². The van der Waals surface area contributed by atoms with Crippen molar-refractivity contribution in [3.05, 3.63) is 24.7 Å². The normalized spacial score (nSPS) is 16.4. The van der Waals surface area contributed by atoms with Crippen LogP contribution in [0.25, 0.3) is 0 Å². The lowest BCUT2D eigenvalue weighted by molar-refractivity contribution is -0.172. The molecule has 0 aliphatic carbocycles. The van der Waals surface area contributed by atoms with E-state index in [1.165, 1.54) is 0 Å². The number of carboxylic acids is 2. The molecule has 104 valence electrons. The van der Waals surface area contributed by atoms with Crippen LogP contribution in [0.1, 0.15) is 12.8 Å². The van der Waals surface area contributed by atoms with Crippen LogP contribution in [0.2, 0.25) is 0 Å². The Balaban J connectivity index is 2.63. The zero-order chi connectivity index (χ0) is 14.5. The van der Waals surface area contributed by atoms with Crippen molar-refractivity contribution in [2.45, 2.75) is 18.4 Å². The molecule has 0 bridgehead atoms. The lowest BCUT2D eigenvalue weighted by Crippen LogP contribution is -2.43. The Morgan fingerprint density at radius 3 is 2.37 bits per heavy atom. The van der Waals surface area contributed by atoms with E-state index in [2.05, 4.69) is 14.2 Å². The van der Waals surface area contributed by atoms with E-state index >= 15 is 0 Å². The van der Waals surface area contributed by atoms with Gasteiger partial charge in [0.25, 0.3) is 0 Å². The van der Waals surface area contributed by atoms with Gasteiger partial charge in [-0.05, 0) is 0 Å². The number of hydrogen-bond donors (Lipinski definition) is 3. The fourth-order valence-corrected chi connectivity index (χ4v) is 1.15. The second kappa shape index (κ2) is 5.87. The molecule has 1 aliphatic rings. The second-order valence-electron chi connectivity index (χ2n) is 3.52. The van der Waals surface area contributed by atoms with Gasteiger partial charge < -0.3 is 29.5 Å². The van der Waals surface area contributed by atoms with Gasteiger partial charge in [-0.25, -0.2) is 4.79 Å². The summed E-state index contributed by atoms with van der Waals surface area (Å²) in [6, 6.07) is 0. The molecule has 1 aliphatic heterocycles. The zero-order valence-electron chi connectivity index (χ0n) is 9.44. The van der Waals surface area contributed by atoms with Crippen LogP contribution in [0, 0.1) is 0 Å². The van der Waals surface area contributed by atoms with Gasteiger partial charge in [0.05, 0.1) is 12.8 Å². The minimum absolute atomic E-state index is 0.365. The van der Waals surface area contributed by atoms with Gasteiger partial charge in [-0.2, -0.15) is 0 Å². The van der Waals surface area contributed by atoms with Gasteiger partial charge in [0, 0.05) is 0 Å². The SMILES string of the molecule is O=C(O)CC(O)(CC(=O)OC1=COC=CO1)C(=O)O. The maximum absolute atomic E-state index is 11.4. The van der Waals surface area contributed by atoms with Gasteiger partial charge in [-0.3, -0.25) is 9.59 Å². The number of aliphatic hydroxyl groups is 1. The number of carboxylic acid groups (broad SMARTS) is 2. The van der Waals surface area contributed by atoms with E-state index in [4.69, 9.17) is 10.2 Å². The molecule has 1 rings (SSSR count). The smallest absolute Gasteiger partial charge is 0.336 e. The van der Waals surface area contributed by atoms with Crippen LogP contribution in [-0.4, -0.2) is 38.8 Å². The van der Waals surface area contributed by atoms with Crippen molar-refractivity contribution in [2.24, 2.45) is 0 Å². The van der Waals surface area contributed by atoms with Crippen LogP contribution in [-0.2, 0) is 28.6 Å². The first-order valence-electron chi connectivity index (χ1n) is 4.89. The number of aliphatic carboxylic acids is 2. The highest BCUT2D eigenvalue weighted by atomic mass is 16.7. The quantitative estimate of drug-likeness (QED) is 0.548. The van der Waals surface area contributed by atoms with Gasteiger partial charge in [0.2, 0.25) is 0 Å². The van der Waals surface area contributed by atoms with Crippen LogP contribution in [0.5, 0.6) is 0 Å². The van der Waals surface area contributed by atoms with Crippen LogP contribution in [0.4, 0.5) is 0 Å². The molecule has 0 aromatic heterocycles. The minimum Gasteiger partial charge on any atom is -0.481 e. The van der Waals surface area contributed by atoms with Gasteiger partial charge in [-0.1, -0.05) is 0 Å². The number of ether oxygens (including phenoxy) is 3. The van der Waals surface area contributed by atoms with Gasteiger partial charge >= 0.3 is 23.9 Å². The first kappa shape index (κ1) is 14.5. The number of esters is 1. The van der Waals surface area contributed by atoms with Gasteiger partial charge in [0.15, 0.2) is 11.9 Å². The van der Waals surface area contributed by atoms with Crippen LogP contribution in [0.15, 0.2) is 24.7 Å².